The Bertz CT molecular complexity index is 1520. The molecule has 4 aliphatic rings. The molecule has 4 nitrogen and oxygen atoms in total. The molecule has 7 rings (SSSR count). The fourth-order valence-corrected chi connectivity index (χ4v) is 8.76. The predicted molar refractivity (Wildman–Crippen MR) is 170 cm³/mol. The minimum atomic E-state index is -0.927. The summed E-state index contributed by atoms with van der Waals surface area (Å²) >= 11 is 0. The van der Waals surface area contributed by atoms with Gasteiger partial charge in [-0.05, 0) is 70.2 Å². The summed E-state index contributed by atoms with van der Waals surface area (Å²) in [6.45, 7) is 11.1. The lowest BCUT2D eigenvalue weighted by molar-refractivity contribution is -0.152. The second-order valence-corrected chi connectivity index (χ2v) is 14.0. The van der Waals surface area contributed by atoms with E-state index >= 15 is 0 Å². The zero-order chi connectivity index (χ0) is 30.5. The molecule has 0 spiro atoms. The van der Waals surface area contributed by atoms with Crippen molar-refractivity contribution in [2.75, 3.05) is 7.11 Å². The SMILES string of the molecule is COC(=O)C1=C(C(=O)O[C@@H]2C[C@H](C)CC[C@H]2C(C)C)C2c3ccccc3C1(C(C)(C)Cc1ccccc1)c1ccccc12. The summed E-state index contributed by atoms with van der Waals surface area (Å²) in [4.78, 5) is 28.9. The molecule has 224 valence electrons. The normalized spacial score (nSPS) is 26.1. The highest BCUT2D eigenvalue weighted by Crippen LogP contribution is 2.66. The van der Waals surface area contributed by atoms with Crippen molar-refractivity contribution in [3.05, 3.63) is 118 Å². The van der Waals surface area contributed by atoms with Gasteiger partial charge in [0, 0.05) is 5.92 Å². The number of rotatable bonds is 7. The molecule has 0 aliphatic heterocycles. The Labute approximate surface area is 256 Å². The fraction of sp³-hybridized carbons (Fsp3) is 0.436. The quantitative estimate of drug-likeness (QED) is 0.266. The first kappa shape index (κ1) is 29.4. The molecule has 0 amide bonds. The van der Waals surface area contributed by atoms with Crippen LogP contribution in [0.3, 0.4) is 0 Å². The molecule has 0 saturated heterocycles. The smallest absolute Gasteiger partial charge is 0.335 e. The maximum Gasteiger partial charge on any atom is 0.335 e. The van der Waals surface area contributed by atoms with Crippen molar-refractivity contribution >= 4 is 11.9 Å². The van der Waals surface area contributed by atoms with E-state index in [4.69, 9.17) is 9.47 Å². The first-order valence-corrected chi connectivity index (χ1v) is 15.9. The monoisotopic (exact) mass is 576 g/mol. The van der Waals surface area contributed by atoms with Crippen LogP contribution in [0.25, 0.3) is 0 Å². The van der Waals surface area contributed by atoms with Gasteiger partial charge in [-0.3, -0.25) is 0 Å². The number of esters is 2. The molecule has 1 saturated carbocycles. The number of hydrogen-bond donors (Lipinski definition) is 0. The molecular weight excluding hydrogens is 532 g/mol. The van der Waals surface area contributed by atoms with Crippen molar-refractivity contribution in [3.8, 4) is 0 Å². The molecule has 0 N–H and O–H groups in total. The number of methoxy groups -OCH3 is 1. The summed E-state index contributed by atoms with van der Waals surface area (Å²) in [5, 5.41) is 0. The minimum absolute atomic E-state index is 0.179. The molecule has 0 aromatic heterocycles. The molecule has 3 atom stereocenters. The van der Waals surface area contributed by atoms with Gasteiger partial charge in [-0.1, -0.05) is 120 Å². The average Bonchev–Trinajstić information content (AvgIpc) is 3.00. The minimum Gasteiger partial charge on any atom is -0.466 e. The molecule has 0 unspecified atom stereocenters. The summed E-state index contributed by atoms with van der Waals surface area (Å²) < 4.78 is 12.1. The highest BCUT2D eigenvalue weighted by Gasteiger charge is 2.63. The van der Waals surface area contributed by atoms with E-state index in [-0.39, 0.29) is 12.1 Å². The topological polar surface area (TPSA) is 52.6 Å². The second kappa shape index (κ2) is 11.1. The lowest BCUT2D eigenvalue weighted by Crippen LogP contribution is -2.55. The van der Waals surface area contributed by atoms with Crippen molar-refractivity contribution in [2.45, 2.75) is 77.7 Å². The Morgan fingerprint density at radius 1 is 0.860 bits per heavy atom. The Balaban J connectivity index is 1.61. The third-order valence-electron chi connectivity index (χ3n) is 10.6. The van der Waals surface area contributed by atoms with Crippen molar-refractivity contribution in [3.63, 3.8) is 0 Å². The van der Waals surface area contributed by atoms with Crippen LogP contribution in [-0.2, 0) is 30.9 Å². The highest BCUT2D eigenvalue weighted by molar-refractivity contribution is 6.07. The average molecular weight is 577 g/mol. The lowest BCUT2D eigenvalue weighted by Gasteiger charge is -2.57. The van der Waals surface area contributed by atoms with Gasteiger partial charge < -0.3 is 9.47 Å². The van der Waals surface area contributed by atoms with Gasteiger partial charge in [-0.2, -0.15) is 0 Å². The van der Waals surface area contributed by atoms with Crippen LogP contribution in [0.15, 0.2) is 90.0 Å². The molecule has 43 heavy (non-hydrogen) atoms. The van der Waals surface area contributed by atoms with Gasteiger partial charge in [0.05, 0.1) is 23.7 Å². The second-order valence-electron chi connectivity index (χ2n) is 14.0. The zero-order valence-electron chi connectivity index (χ0n) is 26.4. The fourth-order valence-electron chi connectivity index (χ4n) is 8.76. The third-order valence-corrected chi connectivity index (χ3v) is 10.6. The molecular formula is C39H44O4. The molecule has 3 aromatic rings. The Morgan fingerprint density at radius 2 is 1.44 bits per heavy atom. The van der Waals surface area contributed by atoms with Gasteiger partial charge in [0.1, 0.15) is 6.10 Å². The molecule has 0 heterocycles. The van der Waals surface area contributed by atoms with Gasteiger partial charge in [-0.25, -0.2) is 9.59 Å². The Kier molecular flexibility index (Phi) is 7.61. The molecule has 1 fully saturated rings. The van der Waals surface area contributed by atoms with Gasteiger partial charge in [0.25, 0.3) is 0 Å². The Hall–Kier alpha value is -3.66. The largest absolute Gasteiger partial charge is 0.466 e. The van der Waals surface area contributed by atoms with E-state index in [1.807, 2.05) is 30.3 Å². The zero-order valence-corrected chi connectivity index (χ0v) is 26.4. The molecule has 3 aromatic carbocycles. The lowest BCUT2D eigenvalue weighted by atomic mass is 9.44. The number of hydrogen-bond acceptors (Lipinski definition) is 4. The van der Waals surface area contributed by atoms with Crippen LogP contribution in [0.5, 0.6) is 0 Å². The summed E-state index contributed by atoms with van der Waals surface area (Å²) in [5.74, 6) is -0.0475. The van der Waals surface area contributed by atoms with Crippen LogP contribution < -0.4 is 0 Å². The summed E-state index contributed by atoms with van der Waals surface area (Å²) in [5.41, 5.74) is 4.89. The van der Waals surface area contributed by atoms with Gasteiger partial charge >= 0.3 is 11.9 Å². The van der Waals surface area contributed by atoms with E-state index < -0.39 is 22.7 Å². The number of benzene rings is 3. The van der Waals surface area contributed by atoms with Gasteiger partial charge in [0.15, 0.2) is 0 Å². The number of carbonyl (C=O) groups is 2. The van der Waals surface area contributed by atoms with E-state index in [0.717, 1.165) is 41.5 Å². The Morgan fingerprint density at radius 3 is 2.02 bits per heavy atom. The molecule has 2 bridgehead atoms. The van der Waals surface area contributed by atoms with Crippen molar-refractivity contribution < 1.29 is 19.1 Å². The van der Waals surface area contributed by atoms with Crippen molar-refractivity contribution in [2.24, 2.45) is 23.2 Å². The number of ether oxygens (including phenoxy) is 2. The first-order chi connectivity index (χ1) is 20.6. The summed E-state index contributed by atoms with van der Waals surface area (Å²) in [6.07, 6.45) is 3.55. The predicted octanol–water partition coefficient (Wildman–Crippen LogP) is 8.17. The van der Waals surface area contributed by atoms with Crippen LogP contribution >= 0.6 is 0 Å². The first-order valence-electron chi connectivity index (χ1n) is 15.9. The van der Waals surface area contributed by atoms with Crippen LogP contribution in [0.4, 0.5) is 0 Å². The van der Waals surface area contributed by atoms with Crippen molar-refractivity contribution in [1.82, 2.24) is 0 Å². The number of carbonyl (C=O) groups excluding carboxylic acids is 2. The van der Waals surface area contributed by atoms with Crippen LogP contribution in [0.1, 0.15) is 87.6 Å². The van der Waals surface area contributed by atoms with E-state index in [1.165, 1.54) is 12.7 Å². The van der Waals surface area contributed by atoms with Crippen molar-refractivity contribution in [1.29, 1.82) is 0 Å². The van der Waals surface area contributed by atoms with Gasteiger partial charge in [0.2, 0.25) is 0 Å². The molecule has 4 heteroatoms. The summed E-state index contributed by atoms with van der Waals surface area (Å²) in [7, 11) is 1.42. The maximum absolute atomic E-state index is 14.7. The van der Waals surface area contributed by atoms with Crippen LogP contribution in [-0.4, -0.2) is 25.2 Å². The molecule has 4 aliphatic carbocycles. The van der Waals surface area contributed by atoms with Crippen LogP contribution in [0, 0.1) is 23.2 Å². The van der Waals surface area contributed by atoms with E-state index in [2.05, 4.69) is 83.1 Å². The van der Waals surface area contributed by atoms with Gasteiger partial charge in [-0.15, -0.1) is 0 Å². The highest BCUT2D eigenvalue weighted by atomic mass is 16.5. The van der Waals surface area contributed by atoms with E-state index in [1.54, 1.807) is 0 Å². The summed E-state index contributed by atoms with van der Waals surface area (Å²) in [6, 6.07) is 27.1. The standard InChI is InChI=1S/C39H44O4/c1-24(2)27-21-20-25(3)22-32(27)43-36(40)34-33-28-16-10-12-18-30(28)39(35(34)37(41)42-6,31-19-13-11-17-29(31)33)38(4,5)23-26-14-8-7-9-15-26/h7-19,24-25,27,32-33H,20-23H2,1-6H3/t25-,27+,32-,33?,39?/m1/s1. The molecule has 0 radical (unpaired) electrons. The third kappa shape index (κ3) is 4.56. The maximum atomic E-state index is 14.7. The van der Waals surface area contributed by atoms with Crippen LogP contribution in [0.2, 0.25) is 0 Å². The van der Waals surface area contributed by atoms with E-state index in [0.29, 0.717) is 35.3 Å². The van der Waals surface area contributed by atoms with E-state index in [9.17, 15) is 9.59 Å².